The second-order valence-corrected chi connectivity index (χ2v) is 8.03. The molecule has 0 bridgehead atoms. The first-order chi connectivity index (χ1) is 10.1. The predicted octanol–water partition coefficient (Wildman–Crippen LogP) is 2.76. The molecule has 0 amide bonds. The van der Waals surface area contributed by atoms with Crippen molar-refractivity contribution in [2.24, 2.45) is 11.8 Å². The van der Waals surface area contributed by atoms with Crippen molar-refractivity contribution in [3.05, 3.63) is 29.8 Å². The zero-order valence-electron chi connectivity index (χ0n) is 12.0. The number of sulfonamides is 1. The Morgan fingerprint density at radius 3 is 2.67 bits per heavy atom. The van der Waals surface area contributed by atoms with Gasteiger partial charge in [-0.2, -0.15) is 9.57 Å². The summed E-state index contributed by atoms with van der Waals surface area (Å²) in [5.41, 5.74) is 0.392. The Hall–Kier alpha value is -1.38. The van der Waals surface area contributed by atoms with E-state index in [9.17, 15) is 8.42 Å². The smallest absolute Gasteiger partial charge is 0.207 e. The molecular weight excluding hydrogens is 284 g/mol. The molecule has 1 saturated carbocycles. The molecule has 21 heavy (non-hydrogen) atoms. The van der Waals surface area contributed by atoms with Crippen LogP contribution in [0.3, 0.4) is 0 Å². The van der Waals surface area contributed by atoms with Gasteiger partial charge in [0.1, 0.15) is 0 Å². The highest BCUT2D eigenvalue weighted by Crippen LogP contribution is 2.37. The van der Waals surface area contributed by atoms with E-state index >= 15 is 0 Å². The molecule has 0 aromatic heterocycles. The van der Waals surface area contributed by atoms with E-state index in [0.29, 0.717) is 30.5 Å². The van der Waals surface area contributed by atoms with Gasteiger partial charge in [0.25, 0.3) is 0 Å². The van der Waals surface area contributed by atoms with E-state index in [1.807, 2.05) is 6.07 Å². The van der Waals surface area contributed by atoms with Crippen molar-refractivity contribution in [1.29, 1.82) is 5.26 Å². The Kier molecular flexibility index (Phi) is 4.01. The quantitative estimate of drug-likeness (QED) is 0.844. The molecule has 5 heteroatoms. The van der Waals surface area contributed by atoms with E-state index in [-0.39, 0.29) is 4.90 Å². The first kappa shape index (κ1) is 14.6. The van der Waals surface area contributed by atoms with Crippen molar-refractivity contribution in [3.8, 4) is 6.07 Å². The molecule has 4 nitrogen and oxygen atoms in total. The monoisotopic (exact) mass is 304 g/mol. The van der Waals surface area contributed by atoms with Gasteiger partial charge in [0, 0.05) is 13.1 Å². The molecule has 0 radical (unpaired) electrons. The van der Waals surface area contributed by atoms with Gasteiger partial charge in [-0.3, -0.25) is 0 Å². The average molecular weight is 304 g/mol. The van der Waals surface area contributed by atoms with Crippen LogP contribution in [0.1, 0.15) is 37.7 Å². The van der Waals surface area contributed by atoms with Crippen LogP contribution >= 0.6 is 0 Å². The number of fused-ring (bicyclic) bond motifs is 1. The summed E-state index contributed by atoms with van der Waals surface area (Å²) in [6.45, 7) is 1.25. The van der Waals surface area contributed by atoms with Gasteiger partial charge in [0.05, 0.1) is 16.5 Å². The maximum absolute atomic E-state index is 12.7. The van der Waals surface area contributed by atoms with E-state index in [1.54, 1.807) is 22.5 Å². The standard InChI is InChI=1S/C16H20N2O2S/c17-11-13-4-3-7-16(10-13)21(19,20)18-9-8-14-5-1-2-6-15(14)12-18/h3-4,7,10,14-15H,1-2,5-6,8-9,12H2. The number of benzene rings is 1. The maximum Gasteiger partial charge on any atom is 0.243 e. The van der Waals surface area contributed by atoms with Crippen molar-refractivity contribution in [2.45, 2.75) is 37.0 Å². The molecule has 0 N–H and O–H groups in total. The van der Waals surface area contributed by atoms with Crippen LogP contribution in [0.2, 0.25) is 0 Å². The van der Waals surface area contributed by atoms with E-state index in [4.69, 9.17) is 5.26 Å². The summed E-state index contributed by atoms with van der Waals surface area (Å²) < 4.78 is 27.1. The van der Waals surface area contributed by atoms with Crippen LogP contribution in [0.15, 0.2) is 29.2 Å². The molecule has 1 aliphatic heterocycles. The summed E-state index contributed by atoms with van der Waals surface area (Å²) in [4.78, 5) is 0.246. The van der Waals surface area contributed by atoms with Gasteiger partial charge in [-0.1, -0.05) is 25.3 Å². The maximum atomic E-state index is 12.7. The number of hydrogen-bond acceptors (Lipinski definition) is 3. The Morgan fingerprint density at radius 1 is 1.14 bits per heavy atom. The Bertz CT molecular complexity index is 663. The fraction of sp³-hybridized carbons (Fsp3) is 0.562. The first-order valence-corrected chi connectivity index (χ1v) is 9.05. The lowest BCUT2D eigenvalue weighted by atomic mass is 9.76. The molecule has 1 heterocycles. The third-order valence-corrected chi connectivity index (χ3v) is 6.72. The molecule has 1 aromatic rings. The molecular formula is C16H20N2O2S. The molecule has 2 unspecified atom stereocenters. The first-order valence-electron chi connectivity index (χ1n) is 7.61. The number of piperidine rings is 1. The molecule has 0 spiro atoms. The normalized spacial score (nSPS) is 26.8. The van der Waals surface area contributed by atoms with Gasteiger partial charge in [0.15, 0.2) is 0 Å². The minimum Gasteiger partial charge on any atom is -0.207 e. The summed E-state index contributed by atoms with van der Waals surface area (Å²) in [7, 11) is -3.46. The van der Waals surface area contributed by atoms with E-state index in [1.165, 1.54) is 25.3 Å². The van der Waals surface area contributed by atoms with Crippen LogP contribution in [0, 0.1) is 23.2 Å². The van der Waals surface area contributed by atoms with Crippen LogP contribution in [0.25, 0.3) is 0 Å². The molecule has 1 saturated heterocycles. The van der Waals surface area contributed by atoms with Crippen molar-refractivity contribution in [2.75, 3.05) is 13.1 Å². The molecule has 1 aromatic carbocycles. The number of rotatable bonds is 2. The molecule has 2 aliphatic rings. The van der Waals surface area contributed by atoms with Gasteiger partial charge in [-0.25, -0.2) is 8.42 Å². The van der Waals surface area contributed by atoms with Gasteiger partial charge in [0.2, 0.25) is 10.0 Å². The average Bonchev–Trinajstić information content (AvgIpc) is 2.54. The van der Waals surface area contributed by atoms with Crippen molar-refractivity contribution in [1.82, 2.24) is 4.31 Å². The number of nitriles is 1. The Morgan fingerprint density at radius 2 is 1.90 bits per heavy atom. The molecule has 3 rings (SSSR count). The van der Waals surface area contributed by atoms with E-state index < -0.39 is 10.0 Å². The highest BCUT2D eigenvalue weighted by Gasteiger charge is 2.36. The summed E-state index contributed by atoms with van der Waals surface area (Å²) in [6, 6.07) is 8.33. The fourth-order valence-electron chi connectivity index (χ4n) is 3.66. The van der Waals surface area contributed by atoms with Gasteiger partial charge >= 0.3 is 0 Å². The van der Waals surface area contributed by atoms with E-state index in [0.717, 1.165) is 12.8 Å². The van der Waals surface area contributed by atoms with Crippen LogP contribution in [-0.2, 0) is 10.0 Å². The number of hydrogen-bond donors (Lipinski definition) is 0. The fourth-order valence-corrected chi connectivity index (χ4v) is 5.22. The minimum absolute atomic E-state index is 0.246. The van der Waals surface area contributed by atoms with Gasteiger partial charge < -0.3 is 0 Å². The highest BCUT2D eigenvalue weighted by molar-refractivity contribution is 7.89. The van der Waals surface area contributed by atoms with Crippen LogP contribution in [-0.4, -0.2) is 25.8 Å². The zero-order valence-corrected chi connectivity index (χ0v) is 12.8. The lowest BCUT2D eigenvalue weighted by Crippen LogP contribution is -2.44. The summed E-state index contributed by atoms with van der Waals surface area (Å²) >= 11 is 0. The van der Waals surface area contributed by atoms with E-state index in [2.05, 4.69) is 0 Å². The summed E-state index contributed by atoms with van der Waals surface area (Å²) in [5.74, 6) is 1.22. The third kappa shape index (κ3) is 2.83. The Balaban J connectivity index is 1.83. The third-order valence-electron chi connectivity index (χ3n) is 4.85. The largest absolute Gasteiger partial charge is 0.243 e. The van der Waals surface area contributed by atoms with Gasteiger partial charge in [-0.05, 0) is 42.9 Å². The van der Waals surface area contributed by atoms with Crippen molar-refractivity contribution in [3.63, 3.8) is 0 Å². The summed E-state index contributed by atoms with van der Waals surface area (Å²) in [6.07, 6.45) is 5.89. The van der Waals surface area contributed by atoms with Crippen LogP contribution < -0.4 is 0 Å². The van der Waals surface area contributed by atoms with Crippen molar-refractivity contribution >= 4 is 10.0 Å². The van der Waals surface area contributed by atoms with Crippen LogP contribution in [0.4, 0.5) is 0 Å². The zero-order chi connectivity index (χ0) is 14.9. The number of nitrogens with zero attached hydrogens (tertiary/aromatic N) is 2. The molecule has 2 atom stereocenters. The lowest BCUT2D eigenvalue weighted by molar-refractivity contribution is 0.136. The lowest BCUT2D eigenvalue weighted by Gasteiger charge is -2.40. The SMILES string of the molecule is N#Cc1cccc(S(=O)(=O)N2CCC3CCCCC3C2)c1. The Labute approximate surface area is 126 Å². The van der Waals surface area contributed by atoms with Crippen LogP contribution in [0.5, 0.6) is 0 Å². The second kappa shape index (κ2) is 5.78. The van der Waals surface area contributed by atoms with Crippen molar-refractivity contribution < 1.29 is 8.42 Å². The second-order valence-electron chi connectivity index (χ2n) is 6.10. The predicted molar refractivity (Wildman–Crippen MR) is 80.0 cm³/mol. The summed E-state index contributed by atoms with van der Waals surface area (Å²) in [5, 5.41) is 8.93. The molecule has 1 aliphatic carbocycles. The molecule has 112 valence electrons. The topological polar surface area (TPSA) is 61.2 Å². The highest BCUT2D eigenvalue weighted by atomic mass is 32.2. The minimum atomic E-state index is -3.46. The van der Waals surface area contributed by atoms with Gasteiger partial charge in [-0.15, -0.1) is 0 Å². The molecule has 2 fully saturated rings.